The number of benzene rings is 3. The maximum atomic E-state index is 12.8. The van der Waals surface area contributed by atoms with Crippen molar-refractivity contribution >= 4 is 34.8 Å². The van der Waals surface area contributed by atoms with Crippen molar-refractivity contribution in [2.45, 2.75) is 20.8 Å². The summed E-state index contributed by atoms with van der Waals surface area (Å²) in [6.07, 6.45) is 0. The highest BCUT2D eigenvalue weighted by molar-refractivity contribution is 6.10. The van der Waals surface area contributed by atoms with Crippen molar-refractivity contribution in [3.63, 3.8) is 0 Å². The molecule has 7 heteroatoms. The normalized spacial score (nSPS) is 10.6. The van der Waals surface area contributed by atoms with Gasteiger partial charge in [0, 0.05) is 11.4 Å². The molecule has 0 fully saturated rings. The number of hydrogen-bond acceptors (Lipinski definition) is 4. The number of amides is 3. The number of aryl methyl sites for hydroxylation is 3. The molecule has 0 atom stereocenters. The summed E-state index contributed by atoms with van der Waals surface area (Å²) < 4.78 is 0. The van der Waals surface area contributed by atoms with Crippen LogP contribution in [0.25, 0.3) is 0 Å². The number of hydrogen-bond donors (Lipinski definition) is 3. The van der Waals surface area contributed by atoms with Crippen LogP contribution in [0, 0.1) is 20.8 Å². The fourth-order valence-corrected chi connectivity index (χ4v) is 3.64. The summed E-state index contributed by atoms with van der Waals surface area (Å²) >= 11 is 0. The third-order valence-corrected chi connectivity index (χ3v) is 5.29. The number of likely N-dealkylation sites (N-methyl/N-ethyl adjacent to an activating group) is 1. The molecule has 0 spiro atoms. The molecular weight excluding hydrogens is 428 g/mol. The van der Waals surface area contributed by atoms with Crippen molar-refractivity contribution in [3.8, 4) is 0 Å². The number of rotatable bonds is 8. The second kappa shape index (κ2) is 11.2. The molecule has 176 valence electrons. The van der Waals surface area contributed by atoms with Gasteiger partial charge in [-0.05, 0) is 68.8 Å². The molecule has 0 unspecified atom stereocenters. The first kappa shape index (κ1) is 24.7. The maximum Gasteiger partial charge on any atom is 0.257 e. The molecule has 0 aliphatic carbocycles. The predicted octanol–water partition coefficient (Wildman–Crippen LogP) is 4.37. The molecule has 0 heterocycles. The first-order valence-electron chi connectivity index (χ1n) is 11.0. The summed E-state index contributed by atoms with van der Waals surface area (Å²) in [4.78, 5) is 39.5. The van der Waals surface area contributed by atoms with Gasteiger partial charge in [0.25, 0.3) is 5.91 Å². The zero-order chi connectivity index (χ0) is 24.7. The fraction of sp³-hybridized carbons (Fsp3) is 0.222. The monoisotopic (exact) mass is 458 g/mol. The van der Waals surface area contributed by atoms with Crippen molar-refractivity contribution in [2.24, 2.45) is 0 Å². The quantitative estimate of drug-likeness (QED) is 0.467. The smallest absolute Gasteiger partial charge is 0.257 e. The van der Waals surface area contributed by atoms with Gasteiger partial charge in [-0.15, -0.1) is 0 Å². The minimum atomic E-state index is -0.321. The van der Waals surface area contributed by atoms with Crippen LogP contribution in [0.3, 0.4) is 0 Å². The number of nitrogens with zero attached hydrogens (tertiary/aromatic N) is 1. The Balaban J connectivity index is 1.58. The van der Waals surface area contributed by atoms with Gasteiger partial charge in [-0.2, -0.15) is 0 Å². The zero-order valence-electron chi connectivity index (χ0n) is 19.9. The van der Waals surface area contributed by atoms with Gasteiger partial charge in [-0.25, -0.2) is 0 Å². The van der Waals surface area contributed by atoms with E-state index < -0.39 is 0 Å². The highest BCUT2D eigenvalue weighted by Crippen LogP contribution is 2.20. The van der Waals surface area contributed by atoms with Crippen LogP contribution in [0.2, 0.25) is 0 Å². The predicted molar refractivity (Wildman–Crippen MR) is 136 cm³/mol. The Hall–Kier alpha value is -3.97. The average molecular weight is 459 g/mol. The van der Waals surface area contributed by atoms with Crippen molar-refractivity contribution in [1.29, 1.82) is 0 Å². The molecule has 0 aliphatic heterocycles. The Labute approximate surface area is 200 Å². The van der Waals surface area contributed by atoms with Gasteiger partial charge in [-0.3, -0.25) is 19.3 Å². The maximum absolute atomic E-state index is 12.8. The summed E-state index contributed by atoms with van der Waals surface area (Å²) in [6, 6.07) is 20.1. The van der Waals surface area contributed by atoms with E-state index in [1.807, 2.05) is 63.2 Å². The summed E-state index contributed by atoms with van der Waals surface area (Å²) in [5, 5.41) is 8.56. The van der Waals surface area contributed by atoms with Gasteiger partial charge in [0.1, 0.15) is 0 Å². The zero-order valence-corrected chi connectivity index (χ0v) is 19.9. The molecule has 0 saturated carbocycles. The number of carbonyl (C=O) groups is 3. The van der Waals surface area contributed by atoms with Crippen LogP contribution in [-0.4, -0.2) is 42.8 Å². The lowest BCUT2D eigenvalue weighted by Gasteiger charge is -2.18. The summed E-state index contributed by atoms with van der Waals surface area (Å²) in [5.41, 5.74) is 5.23. The Morgan fingerprint density at radius 2 is 1.35 bits per heavy atom. The number of nitrogens with one attached hydrogen (secondary N) is 3. The van der Waals surface area contributed by atoms with E-state index in [0.717, 1.165) is 22.4 Å². The highest BCUT2D eigenvalue weighted by Gasteiger charge is 2.16. The molecule has 3 rings (SSSR count). The first-order chi connectivity index (χ1) is 16.2. The summed E-state index contributed by atoms with van der Waals surface area (Å²) in [6.45, 7) is 5.87. The first-order valence-corrected chi connectivity index (χ1v) is 11.0. The number of anilines is 3. The van der Waals surface area contributed by atoms with E-state index in [1.54, 1.807) is 36.2 Å². The number of para-hydroxylation sites is 2. The van der Waals surface area contributed by atoms with Crippen LogP contribution in [0.4, 0.5) is 17.1 Å². The third kappa shape index (κ3) is 6.76. The van der Waals surface area contributed by atoms with Crippen molar-refractivity contribution < 1.29 is 14.4 Å². The molecule has 3 aromatic carbocycles. The second-order valence-corrected chi connectivity index (χ2v) is 8.40. The topological polar surface area (TPSA) is 90.5 Å². The van der Waals surface area contributed by atoms with Gasteiger partial charge in [0.05, 0.1) is 24.3 Å². The van der Waals surface area contributed by atoms with Gasteiger partial charge >= 0.3 is 0 Å². The standard InChI is InChI=1S/C27H30N4O3/c1-18-9-7-12-21(15-18)28-27(34)22-13-5-6-14-23(22)29-24(32)16-31(4)17-25(33)30-26-19(2)10-8-11-20(26)3/h5-15H,16-17H2,1-4H3,(H,28,34)(H,29,32)(H,30,33). The largest absolute Gasteiger partial charge is 0.324 e. The Kier molecular flexibility index (Phi) is 8.16. The van der Waals surface area contributed by atoms with Crippen molar-refractivity contribution in [1.82, 2.24) is 4.90 Å². The highest BCUT2D eigenvalue weighted by atomic mass is 16.2. The molecular formula is C27H30N4O3. The molecule has 3 aromatic rings. The van der Waals surface area contributed by atoms with E-state index in [0.29, 0.717) is 16.9 Å². The molecule has 3 amide bonds. The van der Waals surface area contributed by atoms with Gasteiger partial charge < -0.3 is 16.0 Å². The molecule has 0 radical (unpaired) electrons. The Morgan fingerprint density at radius 3 is 2.03 bits per heavy atom. The lowest BCUT2D eigenvalue weighted by atomic mass is 10.1. The van der Waals surface area contributed by atoms with E-state index in [1.165, 1.54) is 0 Å². The molecule has 34 heavy (non-hydrogen) atoms. The van der Waals surface area contributed by atoms with E-state index >= 15 is 0 Å². The third-order valence-electron chi connectivity index (χ3n) is 5.29. The molecule has 0 aliphatic rings. The summed E-state index contributed by atoms with van der Waals surface area (Å²) in [7, 11) is 1.69. The second-order valence-electron chi connectivity index (χ2n) is 8.40. The Morgan fingerprint density at radius 1 is 0.735 bits per heavy atom. The van der Waals surface area contributed by atoms with E-state index in [2.05, 4.69) is 16.0 Å². The van der Waals surface area contributed by atoms with Gasteiger partial charge in [0.2, 0.25) is 11.8 Å². The molecule has 0 bridgehead atoms. The summed E-state index contributed by atoms with van der Waals surface area (Å²) in [5.74, 6) is -0.841. The minimum absolute atomic E-state index is 0.00595. The van der Waals surface area contributed by atoms with Gasteiger partial charge in [-0.1, -0.05) is 42.5 Å². The SMILES string of the molecule is Cc1cccc(NC(=O)c2ccccc2NC(=O)CN(C)CC(=O)Nc2c(C)cccc2C)c1. The molecule has 3 N–H and O–H groups in total. The van der Waals surface area contributed by atoms with Crippen molar-refractivity contribution in [3.05, 3.63) is 89.0 Å². The Bertz CT molecular complexity index is 1190. The lowest BCUT2D eigenvalue weighted by molar-refractivity contribution is -0.119. The number of carbonyl (C=O) groups excluding carboxylic acids is 3. The van der Waals surface area contributed by atoms with Crippen LogP contribution < -0.4 is 16.0 Å². The molecule has 0 aromatic heterocycles. The molecule has 0 saturated heterocycles. The van der Waals surface area contributed by atoms with Crippen LogP contribution in [0.5, 0.6) is 0 Å². The lowest BCUT2D eigenvalue weighted by Crippen LogP contribution is -2.36. The molecule has 7 nitrogen and oxygen atoms in total. The van der Waals surface area contributed by atoms with Crippen LogP contribution in [-0.2, 0) is 9.59 Å². The van der Waals surface area contributed by atoms with E-state index in [4.69, 9.17) is 0 Å². The van der Waals surface area contributed by atoms with E-state index in [-0.39, 0.29) is 30.8 Å². The van der Waals surface area contributed by atoms with Gasteiger partial charge in [0.15, 0.2) is 0 Å². The van der Waals surface area contributed by atoms with Crippen molar-refractivity contribution in [2.75, 3.05) is 36.1 Å². The average Bonchev–Trinajstić information content (AvgIpc) is 2.76. The van der Waals surface area contributed by atoms with Crippen LogP contribution in [0.15, 0.2) is 66.7 Å². The van der Waals surface area contributed by atoms with Crippen LogP contribution >= 0.6 is 0 Å². The fourth-order valence-electron chi connectivity index (χ4n) is 3.64. The van der Waals surface area contributed by atoms with E-state index in [9.17, 15) is 14.4 Å². The minimum Gasteiger partial charge on any atom is -0.324 e. The van der Waals surface area contributed by atoms with Crippen LogP contribution in [0.1, 0.15) is 27.0 Å².